The first-order valence-corrected chi connectivity index (χ1v) is 5.87. The zero-order chi connectivity index (χ0) is 11.5. The fourth-order valence-electron chi connectivity index (χ4n) is 2.09. The van der Waals surface area contributed by atoms with E-state index in [2.05, 4.69) is 0 Å². The zero-order valence-corrected chi connectivity index (χ0v) is 9.60. The normalized spacial score (nSPS) is 26.7. The molecule has 1 aromatic rings. The maximum atomic E-state index is 9.68. The van der Waals surface area contributed by atoms with Crippen molar-refractivity contribution in [2.45, 2.75) is 44.4 Å². The number of hydrogen-bond acceptors (Lipinski definition) is 3. The molecular weight excluding hydrogens is 202 g/mol. The highest BCUT2D eigenvalue weighted by Gasteiger charge is 2.26. The summed E-state index contributed by atoms with van der Waals surface area (Å²) in [6.45, 7) is 1.95. The molecule has 3 N–H and O–H groups in total. The lowest BCUT2D eigenvalue weighted by atomic mass is 10.1. The Morgan fingerprint density at radius 2 is 2.25 bits per heavy atom. The molecule has 88 valence electrons. The van der Waals surface area contributed by atoms with Gasteiger partial charge in [0.1, 0.15) is 11.9 Å². The van der Waals surface area contributed by atoms with Gasteiger partial charge in [0.05, 0.1) is 6.10 Å². The second kappa shape index (κ2) is 4.85. The minimum atomic E-state index is -0.320. The quantitative estimate of drug-likeness (QED) is 0.820. The van der Waals surface area contributed by atoms with Crippen molar-refractivity contribution in [2.75, 3.05) is 0 Å². The minimum absolute atomic E-state index is 0.0112. The summed E-state index contributed by atoms with van der Waals surface area (Å²) in [5.74, 6) is 0.806. The lowest BCUT2D eigenvalue weighted by Gasteiger charge is -2.18. The van der Waals surface area contributed by atoms with Crippen molar-refractivity contribution < 1.29 is 9.84 Å². The first kappa shape index (κ1) is 11.4. The third-order valence-electron chi connectivity index (χ3n) is 3.09. The molecule has 1 fully saturated rings. The van der Waals surface area contributed by atoms with Gasteiger partial charge in [-0.15, -0.1) is 0 Å². The molecule has 0 spiro atoms. The zero-order valence-electron chi connectivity index (χ0n) is 9.60. The maximum Gasteiger partial charge on any atom is 0.124 e. The van der Waals surface area contributed by atoms with E-state index in [-0.39, 0.29) is 18.2 Å². The fraction of sp³-hybridized carbons (Fsp3) is 0.538. The number of benzene rings is 1. The van der Waals surface area contributed by atoms with Crippen LogP contribution in [-0.4, -0.2) is 17.3 Å². The van der Waals surface area contributed by atoms with Crippen molar-refractivity contribution in [3.63, 3.8) is 0 Å². The van der Waals surface area contributed by atoms with Crippen molar-refractivity contribution in [3.05, 3.63) is 29.8 Å². The van der Waals surface area contributed by atoms with E-state index in [4.69, 9.17) is 10.5 Å². The van der Waals surface area contributed by atoms with Crippen LogP contribution < -0.4 is 10.5 Å². The Morgan fingerprint density at radius 3 is 2.88 bits per heavy atom. The second-order valence-electron chi connectivity index (χ2n) is 4.52. The third-order valence-corrected chi connectivity index (χ3v) is 3.09. The summed E-state index contributed by atoms with van der Waals surface area (Å²) < 4.78 is 5.77. The molecule has 0 amide bonds. The highest BCUT2D eigenvalue weighted by Crippen LogP contribution is 2.26. The van der Waals surface area contributed by atoms with Gasteiger partial charge in [-0.3, -0.25) is 0 Å². The molecule has 0 bridgehead atoms. The summed E-state index contributed by atoms with van der Waals surface area (Å²) in [6, 6.07) is 7.81. The predicted molar refractivity (Wildman–Crippen MR) is 63.3 cm³/mol. The molecule has 16 heavy (non-hydrogen) atoms. The molecule has 2 rings (SSSR count). The first-order valence-electron chi connectivity index (χ1n) is 5.87. The number of aliphatic hydroxyl groups is 1. The first-order chi connectivity index (χ1) is 7.66. The average molecular weight is 221 g/mol. The lowest BCUT2D eigenvalue weighted by molar-refractivity contribution is 0.0603. The van der Waals surface area contributed by atoms with Gasteiger partial charge in [0.2, 0.25) is 0 Å². The van der Waals surface area contributed by atoms with Gasteiger partial charge in [-0.2, -0.15) is 0 Å². The molecule has 2 unspecified atom stereocenters. The summed E-state index contributed by atoms with van der Waals surface area (Å²) in [7, 11) is 0. The van der Waals surface area contributed by atoms with E-state index in [1.165, 1.54) is 0 Å². The summed E-state index contributed by atoms with van der Waals surface area (Å²) >= 11 is 0. The number of ether oxygens (including phenoxy) is 1. The highest BCUT2D eigenvalue weighted by atomic mass is 16.5. The van der Waals surface area contributed by atoms with Gasteiger partial charge in [-0.1, -0.05) is 12.1 Å². The molecule has 3 atom stereocenters. The summed E-state index contributed by atoms with van der Waals surface area (Å²) in [5.41, 5.74) is 6.87. The van der Waals surface area contributed by atoms with E-state index in [0.717, 1.165) is 30.6 Å². The monoisotopic (exact) mass is 221 g/mol. The van der Waals surface area contributed by atoms with Crippen molar-refractivity contribution >= 4 is 0 Å². The Balaban J connectivity index is 2.06. The van der Waals surface area contributed by atoms with E-state index in [9.17, 15) is 5.11 Å². The van der Waals surface area contributed by atoms with E-state index in [0.29, 0.717) is 0 Å². The summed E-state index contributed by atoms with van der Waals surface area (Å²) in [6.07, 6.45) is 2.45. The second-order valence-corrected chi connectivity index (χ2v) is 4.52. The van der Waals surface area contributed by atoms with Gasteiger partial charge in [0, 0.05) is 6.04 Å². The Kier molecular flexibility index (Phi) is 3.46. The van der Waals surface area contributed by atoms with Crippen LogP contribution in [0.2, 0.25) is 0 Å². The van der Waals surface area contributed by atoms with Crippen molar-refractivity contribution in [1.29, 1.82) is 0 Å². The number of nitrogens with two attached hydrogens (primary N) is 1. The Bertz CT molecular complexity index is 352. The van der Waals surface area contributed by atoms with Gasteiger partial charge >= 0.3 is 0 Å². The van der Waals surface area contributed by atoms with E-state index < -0.39 is 0 Å². The molecule has 1 aliphatic carbocycles. The Hall–Kier alpha value is -1.06. The molecule has 3 nitrogen and oxygen atoms in total. The molecule has 1 aromatic carbocycles. The molecule has 0 aliphatic heterocycles. The van der Waals surface area contributed by atoms with Crippen LogP contribution in [0.25, 0.3) is 0 Å². The van der Waals surface area contributed by atoms with Crippen LogP contribution in [0, 0.1) is 0 Å². The molecule has 0 aromatic heterocycles. The molecular formula is C13H19NO2. The van der Waals surface area contributed by atoms with Gasteiger partial charge < -0.3 is 15.6 Å². The fourth-order valence-corrected chi connectivity index (χ4v) is 2.09. The number of hydrogen-bond donors (Lipinski definition) is 2. The Labute approximate surface area is 96.2 Å². The largest absolute Gasteiger partial charge is 0.488 e. The van der Waals surface area contributed by atoms with Crippen molar-refractivity contribution in [3.8, 4) is 5.75 Å². The van der Waals surface area contributed by atoms with Crippen LogP contribution in [0.3, 0.4) is 0 Å². The molecule has 1 aliphatic rings. The van der Waals surface area contributed by atoms with Gasteiger partial charge in [-0.05, 0) is 43.9 Å². The standard InChI is InChI=1S/C13H19NO2/c1-9(14)10-4-2-5-11(8-10)16-13-7-3-6-12(13)15/h2,4-5,8-9,12-13,15H,3,6-7,14H2,1H3/t9-,12?,13?/m1/s1. The molecule has 0 radical (unpaired) electrons. The lowest BCUT2D eigenvalue weighted by Crippen LogP contribution is -2.25. The SMILES string of the molecule is C[C@@H](N)c1cccc(OC2CCCC2O)c1. The van der Waals surface area contributed by atoms with Gasteiger partial charge in [0.25, 0.3) is 0 Å². The average Bonchev–Trinajstić information content (AvgIpc) is 2.65. The van der Waals surface area contributed by atoms with Crippen LogP contribution in [-0.2, 0) is 0 Å². The van der Waals surface area contributed by atoms with Crippen LogP contribution >= 0.6 is 0 Å². The van der Waals surface area contributed by atoms with Crippen molar-refractivity contribution in [1.82, 2.24) is 0 Å². The number of aliphatic hydroxyl groups excluding tert-OH is 1. The van der Waals surface area contributed by atoms with Gasteiger partial charge in [0.15, 0.2) is 0 Å². The smallest absolute Gasteiger partial charge is 0.124 e. The predicted octanol–water partition coefficient (Wildman–Crippen LogP) is 2.00. The van der Waals surface area contributed by atoms with Gasteiger partial charge in [-0.25, -0.2) is 0 Å². The molecule has 3 heteroatoms. The van der Waals surface area contributed by atoms with Crippen LogP contribution in [0.15, 0.2) is 24.3 Å². The third kappa shape index (κ3) is 2.54. The van der Waals surface area contributed by atoms with E-state index in [1.807, 2.05) is 31.2 Å². The molecule has 0 saturated heterocycles. The van der Waals surface area contributed by atoms with E-state index >= 15 is 0 Å². The summed E-state index contributed by atoms with van der Waals surface area (Å²) in [4.78, 5) is 0. The maximum absolute atomic E-state index is 9.68. The topological polar surface area (TPSA) is 55.5 Å². The van der Waals surface area contributed by atoms with E-state index in [1.54, 1.807) is 0 Å². The van der Waals surface area contributed by atoms with Crippen LogP contribution in [0.1, 0.15) is 37.8 Å². The van der Waals surface area contributed by atoms with Crippen LogP contribution in [0.4, 0.5) is 0 Å². The van der Waals surface area contributed by atoms with Crippen LogP contribution in [0.5, 0.6) is 5.75 Å². The Morgan fingerprint density at radius 1 is 1.44 bits per heavy atom. The number of rotatable bonds is 3. The molecule has 0 heterocycles. The minimum Gasteiger partial charge on any atom is -0.488 e. The summed E-state index contributed by atoms with van der Waals surface area (Å²) in [5, 5.41) is 9.68. The van der Waals surface area contributed by atoms with Crippen molar-refractivity contribution in [2.24, 2.45) is 5.73 Å². The molecule has 1 saturated carbocycles. The highest BCUT2D eigenvalue weighted by molar-refractivity contribution is 5.30.